The number of aliphatic hydroxyl groups excluding tert-OH is 2. The molecule has 0 bridgehead atoms. The third kappa shape index (κ3) is 2.82. The van der Waals surface area contributed by atoms with Crippen molar-refractivity contribution in [3.05, 3.63) is 41.2 Å². The van der Waals surface area contributed by atoms with Gasteiger partial charge in [0.25, 0.3) is 5.91 Å². The molecule has 1 heterocycles. The maximum atomic E-state index is 12.1. The van der Waals surface area contributed by atoms with Crippen molar-refractivity contribution in [3.63, 3.8) is 0 Å². The number of carbonyl (C=O) groups excluding carboxylic acids is 2. The van der Waals surface area contributed by atoms with Gasteiger partial charge in [0.15, 0.2) is 11.5 Å². The van der Waals surface area contributed by atoms with E-state index in [1.165, 1.54) is 11.8 Å². The monoisotopic (exact) mass is 305 g/mol. The van der Waals surface area contributed by atoms with Crippen LogP contribution in [-0.4, -0.2) is 46.6 Å². The molecule has 0 unspecified atom stereocenters. The van der Waals surface area contributed by atoms with Gasteiger partial charge < -0.3 is 19.8 Å². The number of ether oxygens (including phenoxy) is 1. The molecule has 2 rings (SSSR count). The molecule has 2 N–H and O–H groups in total. The van der Waals surface area contributed by atoms with Gasteiger partial charge in [-0.3, -0.25) is 9.59 Å². The minimum absolute atomic E-state index is 0.0392. The van der Waals surface area contributed by atoms with Crippen molar-refractivity contribution in [2.24, 2.45) is 0 Å². The molecule has 0 fully saturated rings. The normalized spacial score (nSPS) is 18.0. The second kappa shape index (κ2) is 6.62. The summed E-state index contributed by atoms with van der Waals surface area (Å²) in [5.74, 6) is -0.870. The van der Waals surface area contributed by atoms with E-state index in [9.17, 15) is 14.7 Å². The van der Waals surface area contributed by atoms with Gasteiger partial charge in [-0.25, -0.2) is 0 Å². The molecule has 0 spiro atoms. The largest absolute Gasteiger partial charge is 0.503 e. The highest BCUT2D eigenvalue weighted by atomic mass is 16.5. The zero-order chi connectivity index (χ0) is 16.3. The van der Waals surface area contributed by atoms with Crippen LogP contribution in [0.1, 0.15) is 25.5 Å². The van der Waals surface area contributed by atoms with Crippen LogP contribution in [0, 0.1) is 0 Å². The second-order valence-corrected chi connectivity index (χ2v) is 4.95. The summed E-state index contributed by atoms with van der Waals surface area (Å²) in [6, 6.07) is 6.29. The highest BCUT2D eigenvalue weighted by Crippen LogP contribution is 2.37. The lowest BCUT2D eigenvalue weighted by atomic mass is 9.97. The second-order valence-electron chi connectivity index (χ2n) is 4.95. The molecule has 118 valence electrons. The number of hydrogen-bond donors (Lipinski definition) is 2. The number of Topliss-reactive ketones (excluding diaryl/α,β-unsaturated/α-hetero) is 1. The number of nitrogens with zero attached hydrogens (tertiary/aromatic N) is 1. The van der Waals surface area contributed by atoms with Crippen molar-refractivity contribution in [2.45, 2.75) is 19.9 Å². The number of β-amino-alcohol motifs (C(OH)–C–C–N with tert-alkyl or cyclic N) is 1. The van der Waals surface area contributed by atoms with Gasteiger partial charge in [-0.1, -0.05) is 12.1 Å². The maximum absolute atomic E-state index is 12.1. The molecule has 1 aliphatic rings. The fourth-order valence-electron chi connectivity index (χ4n) is 2.61. The average molecular weight is 305 g/mol. The van der Waals surface area contributed by atoms with Gasteiger partial charge in [0.2, 0.25) is 0 Å². The number of ketones is 1. The van der Waals surface area contributed by atoms with E-state index in [0.717, 1.165) is 0 Å². The maximum Gasteiger partial charge on any atom is 0.290 e. The minimum atomic E-state index is -0.687. The number of amides is 1. The van der Waals surface area contributed by atoms with E-state index in [1.54, 1.807) is 24.3 Å². The van der Waals surface area contributed by atoms with E-state index in [2.05, 4.69) is 0 Å². The van der Waals surface area contributed by atoms with Crippen LogP contribution >= 0.6 is 0 Å². The van der Waals surface area contributed by atoms with Crippen molar-refractivity contribution >= 4 is 11.7 Å². The first-order valence-corrected chi connectivity index (χ1v) is 7.09. The Kier molecular flexibility index (Phi) is 4.82. The zero-order valence-electron chi connectivity index (χ0n) is 12.6. The number of rotatable bonds is 6. The van der Waals surface area contributed by atoms with Crippen LogP contribution in [0.2, 0.25) is 0 Å². The summed E-state index contributed by atoms with van der Waals surface area (Å²) in [6.07, 6.45) is 0. The van der Waals surface area contributed by atoms with E-state index in [1.807, 2.05) is 6.92 Å². The van der Waals surface area contributed by atoms with Crippen LogP contribution in [-0.2, 0) is 9.59 Å². The van der Waals surface area contributed by atoms with Crippen LogP contribution in [0.3, 0.4) is 0 Å². The van der Waals surface area contributed by atoms with Gasteiger partial charge in [-0.15, -0.1) is 0 Å². The lowest BCUT2D eigenvalue weighted by Crippen LogP contribution is -2.33. The minimum Gasteiger partial charge on any atom is -0.503 e. The van der Waals surface area contributed by atoms with Gasteiger partial charge in [0.05, 0.1) is 24.8 Å². The predicted octanol–water partition coefficient (Wildman–Crippen LogP) is 1.36. The quantitative estimate of drug-likeness (QED) is 0.828. The first kappa shape index (κ1) is 16.0. The Labute approximate surface area is 128 Å². The topological polar surface area (TPSA) is 87.1 Å². The van der Waals surface area contributed by atoms with E-state index in [4.69, 9.17) is 9.84 Å². The first-order chi connectivity index (χ1) is 10.5. The molecule has 0 aromatic heterocycles. The summed E-state index contributed by atoms with van der Waals surface area (Å²) in [4.78, 5) is 25.2. The Balaban J connectivity index is 2.42. The summed E-state index contributed by atoms with van der Waals surface area (Å²) in [5.41, 5.74) is 0.738. The highest BCUT2D eigenvalue weighted by Gasteiger charge is 2.41. The molecule has 6 nitrogen and oxygen atoms in total. The summed E-state index contributed by atoms with van der Waals surface area (Å²) in [6.45, 7) is 3.51. The Bertz CT molecular complexity index is 605. The smallest absolute Gasteiger partial charge is 0.290 e. The standard InChI is InChI=1S/C16H19NO5/c1-3-22-12-6-4-11(5-7-12)14-13(10(2)19)15(20)16(21)17(14)8-9-18/h4-7,14,18,20H,3,8-9H2,1-2H3/t14-/m0/s1. The Hall–Kier alpha value is -2.34. The molecule has 0 radical (unpaired) electrons. The van der Waals surface area contributed by atoms with Crippen molar-refractivity contribution in [3.8, 4) is 5.75 Å². The van der Waals surface area contributed by atoms with Crippen molar-refractivity contribution in [1.29, 1.82) is 0 Å². The van der Waals surface area contributed by atoms with E-state index in [0.29, 0.717) is 17.9 Å². The highest BCUT2D eigenvalue weighted by molar-refractivity contribution is 6.08. The van der Waals surface area contributed by atoms with Gasteiger partial charge in [0.1, 0.15) is 5.75 Å². The molecule has 22 heavy (non-hydrogen) atoms. The van der Waals surface area contributed by atoms with Crippen LogP contribution in [0.5, 0.6) is 5.75 Å². The van der Waals surface area contributed by atoms with E-state index < -0.39 is 17.7 Å². The van der Waals surface area contributed by atoms with Gasteiger partial charge in [-0.05, 0) is 31.5 Å². The molecule has 1 amide bonds. The van der Waals surface area contributed by atoms with Crippen molar-refractivity contribution in [2.75, 3.05) is 19.8 Å². The fraction of sp³-hybridized carbons (Fsp3) is 0.375. The van der Waals surface area contributed by atoms with Gasteiger partial charge in [0, 0.05) is 6.54 Å². The van der Waals surface area contributed by atoms with Crippen LogP contribution in [0.4, 0.5) is 0 Å². The van der Waals surface area contributed by atoms with E-state index >= 15 is 0 Å². The molecule has 0 saturated carbocycles. The molecule has 1 aromatic carbocycles. The summed E-state index contributed by atoms with van der Waals surface area (Å²) < 4.78 is 5.37. The summed E-state index contributed by atoms with van der Waals surface area (Å²) >= 11 is 0. The number of hydrogen-bond acceptors (Lipinski definition) is 5. The van der Waals surface area contributed by atoms with Gasteiger partial charge in [-0.2, -0.15) is 0 Å². The number of aliphatic hydroxyl groups is 2. The molecular formula is C16H19NO5. The van der Waals surface area contributed by atoms with Crippen molar-refractivity contribution < 1.29 is 24.5 Å². The lowest BCUT2D eigenvalue weighted by molar-refractivity contribution is -0.129. The molecule has 0 aliphatic carbocycles. The SMILES string of the molecule is CCOc1ccc([C@H]2C(C(C)=O)=C(O)C(=O)N2CCO)cc1. The fourth-order valence-corrected chi connectivity index (χ4v) is 2.61. The zero-order valence-corrected chi connectivity index (χ0v) is 12.6. The Morgan fingerprint density at radius 1 is 1.32 bits per heavy atom. The van der Waals surface area contributed by atoms with Gasteiger partial charge >= 0.3 is 0 Å². The van der Waals surface area contributed by atoms with Crippen LogP contribution in [0.15, 0.2) is 35.6 Å². The molecular weight excluding hydrogens is 286 g/mol. The molecule has 1 atom stereocenters. The Morgan fingerprint density at radius 2 is 1.95 bits per heavy atom. The predicted molar refractivity (Wildman–Crippen MR) is 79.5 cm³/mol. The molecule has 6 heteroatoms. The Morgan fingerprint density at radius 3 is 2.45 bits per heavy atom. The lowest BCUT2D eigenvalue weighted by Gasteiger charge is -2.25. The van der Waals surface area contributed by atoms with Crippen LogP contribution < -0.4 is 4.74 Å². The van der Waals surface area contributed by atoms with E-state index in [-0.39, 0.29) is 24.5 Å². The third-order valence-electron chi connectivity index (χ3n) is 3.53. The first-order valence-electron chi connectivity index (χ1n) is 7.09. The molecule has 0 saturated heterocycles. The number of benzene rings is 1. The summed E-state index contributed by atoms with van der Waals surface area (Å²) in [5, 5.41) is 19.1. The number of carbonyl (C=O) groups is 2. The van der Waals surface area contributed by atoms with Crippen molar-refractivity contribution in [1.82, 2.24) is 4.90 Å². The molecule has 1 aliphatic heterocycles. The average Bonchev–Trinajstić information content (AvgIpc) is 2.74. The molecule has 1 aromatic rings. The third-order valence-corrected chi connectivity index (χ3v) is 3.53. The van der Waals surface area contributed by atoms with Crippen LogP contribution in [0.25, 0.3) is 0 Å². The summed E-state index contributed by atoms with van der Waals surface area (Å²) in [7, 11) is 0.